The fourth-order valence-corrected chi connectivity index (χ4v) is 3.06. The minimum Gasteiger partial charge on any atom is -0.595 e. The molecule has 0 spiro atoms. The van der Waals surface area contributed by atoms with Crippen LogP contribution in [0, 0.1) is 5.21 Å². The number of anilines is 2. The monoisotopic (exact) mass is 461 g/mol. The molecule has 0 fully saturated rings. The highest BCUT2D eigenvalue weighted by atomic mass is 35.5. The van der Waals surface area contributed by atoms with Crippen LogP contribution in [0.25, 0.3) is 11.0 Å². The number of H-pyrrole nitrogens is 1. The molecule has 32 heavy (non-hydrogen) atoms. The number of aromatic amines is 1. The zero-order valence-electron chi connectivity index (χ0n) is 16.3. The number of hydrogen-bond donors (Lipinski definition) is 5. The van der Waals surface area contributed by atoms with E-state index in [4.69, 9.17) is 17.3 Å². The Morgan fingerprint density at radius 2 is 2.00 bits per heavy atom. The number of carbonyl (C=O) groups is 3. The van der Waals surface area contributed by atoms with Crippen molar-refractivity contribution in [2.24, 2.45) is 0 Å². The summed E-state index contributed by atoms with van der Waals surface area (Å²) < 4.78 is 4.59. The van der Waals surface area contributed by atoms with Crippen LogP contribution in [0.3, 0.4) is 0 Å². The number of nitrogens with one attached hydrogen (secondary N) is 3. The van der Waals surface area contributed by atoms with E-state index >= 15 is 0 Å². The van der Waals surface area contributed by atoms with Crippen molar-refractivity contribution in [3.05, 3.63) is 62.7 Å². The number of hydrogen-bond acceptors (Lipinski definition) is 9. The van der Waals surface area contributed by atoms with Gasteiger partial charge in [-0.15, -0.1) is 0 Å². The molecule has 12 nitrogen and oxygen atoms in total. The van der Waals surface area contributed by atoms with E-state index in [1.165, 1.54) is 30.3 Å². The fraction of sp³-hybridized carbons (Fsp3) is 0.105. The lowest BCUT2D eigenvalue weighted by molar-refractivity contribution is -0.990. The Hall–Kier alpha value is -3.84. The predicted octanol–water partition coefficient (Wildman–Crippen LogP) is 0.0265. The van der Waals surface area contributed by atoms with Crippen molar-refractivity contribution in [3.8, 4) is 0 Å². The van der Waals surface area contributed by atoms with Crippen LogP contribution in [0.2, 0.25) is 5.02 Å². The van der Waals surface area contributed by atoms with Crippen molar-refractivity contribution in [1.82, 2.24) is 9.97 Å². The van der Waals surface area contributed by atoms with Crippen LogP contribution in [0.1, 0.15) is 11.6 Å². The number of ether oxygens (including phenoxy) is 1. The molecule has 0 saturated carbocycles. The summed E-state index contributed by atoms with van der Waals surface area (Å²) in [5, 5.41) is 21.7. The van der Waals surface area contributed by atoms with Gasteiger partial charge in [-0.2, -0.15) is 5.23 Å². The van der Waals surface area contributed by atoms with Crippen LogP contribution in [-0.4, -0.2) is 39.9 Å². The van der Waals surface area contributed by atoms with Crippen molar-refractivity contribution in [1.29, 1.82) is 0 Å². The van der Waals surface area contributed by atoms with Crippen LogP contribution in [0.15, 0.2) is 41.2 Å². The van der Waals surface area contributed by atoms with E-state index in [-0.39, 0.29) is 28.1 Å². The number of amides is 1. The number of carbonyl (C=O) groups excluding carboxylic acids is 3. The maximum atomic E-state index is 12.8. The lowest BCUT2D eigenvalue weighted by Gasteiger charge is -2.17. The average molecular weight is 462 g/mol. The second-order valence-corrected chi connectivity index (χ2v) is 6.93. The first kappa shape index (κ1) is 22.8. The first-order valence-corrected chi connectivity index (χ1v) is 9.25. The number of nitrogens with zero attached hydrogens (tertiary/aromatic N) is 1. The van der Waals surface area contributed by atoms with Crippen molar-refractivity contribution < 1.29 is 29.6 Å². The Morgan fingerprint density at radius 3 is 2.66 bits per heavy atom. The number of quaternary nitrogens is 1. The summed E-state index contributed by atoms with van der Waals surface area (Å²) >= 11 is 5.88. The molecule has 0 bridgehead atoms. The number of esters is 1. The molecule has 13 heteroatoms. The number of ketones is 1. The van der Waals surface area contributed by atoms with Gasteiger partial charge in [-0.3, -0.25) is 19.2 Å². The quantitative estimate of drug-likeness (QED) is 0.111. The number of benzene rings is 2. The number of nitrogen functional groups attached to an aromatic ring is 1. The first-order valence-electron chi connectivity index (χ1n) is 8.87. The van der Waals surface area contributed by atoms with E-state index < -0.39 is 40.1 Å². The van der Waals surface area contributed by atoms with E-state index in [1.807, 2.05) is 0 Å². The smallest absolute Gasteiger partial charge is 0.323 e. The summed E-state index contributed by atoms with van der Waals surface area (Å²) in [5.41, 5.74) is 4.04. The Kier molecular flexibility index (Phi) is 6.50. The largest absolute Gasteiger partial charge is 0.595 e. The van der Waals surface area contributed by atoms with E-state index in [2.05, 4.69) is 20.0 Å². The molecule has 1 heterocycles. The molecular formula is C19H16ClN5O7. The number of Topliss-reactive ketones (excluding diaryl/α,β-unsaturated/α-hetero) is 1. The Balaban J connectivity index is 2.01. The van der Waals surface area contributed by atoms with Gasteiger partial charge in [0.2, 0.25) is 5.78 Å². The number of fused-ring (bicyclic) bond motifs is 1. The normalized spacial score (nSPS) is 12.8. The third-order valence-corrected chi connectivity index (χ3v) is 4.63. The Morgan fingerprint density at radius 1 is 1.28 bits per heavy atom. The number of halogens is 1. The molecule has 0 radical (unpaired) electrons. The highest BCUT2D eigenvalue weighted by Crippen LogP contribution is 2.23. The topological polar surface area (TPSA) is 192 Å². The van der Waals surface area contributed by atoms with Gasteiger partial charge in [0.05, 0.1) is 18.1 Å². The summed E-state index contributed by atoms with van der Waals surface area (Å²) in [7, 11) is 0.970. The van der Waals surface area contributed by atoms with E-state index in [0.29, 0.717) is 5.02 Å². The lowest BCUT2D eigenvalue weighted by atomic mass is 9.99. The highest BCUT2D eigenvalue weighted by molar-refractivity contribution is 6.45. The summed E-state index contributed by atoms with van der Waals surface area (Å²) in [4.78, 5) is 56.8. The molecule has 1 amide bonds. The molecule has 6 N–H and O–H groups in total. The van der Waals surface area contributed by atoms with Gasteiger partial charge in [0.15, 0.2) is 11.6 Å². The van der Waals surface area contributed by atoms with Crippen LogP contribution in [-0.2, 0) is 19.1 Å². The van der Waals surface area contributed by atoms with Crippen LogP contribution in [0.4, 0.5) is 17.1 Å². The zero-order chi connectivity index (χ0) is 23.6. The molecule has 0 aliphatic heterocycles. The highest BCUT2D eigenvalue weighted by Gasteiger charge is 2.38. The third-order valence-electron chi connectivity index (χ3n) is 4.40. The number of nitrogens with two attached hydrogens (primary N) is 1. The molecular weight excluding hydrogens is 446 g/mol. The maximum absolute atomic E-state index is 12.8. The predicted molar refractivity (Wildman–Crippen MR) is 112 cm³/mol. The van der Waals surface area contributed by atoms with Crippen molar-refractivity contribution in [2.75, 3.05) is 18.2 Å². The third kappa shape index (κ3) is 4.58. The van der Waals surface area contributed by atoms with Crippen LogP contribution < -0.4 is 21.8 Å². The van der Waals surface area contributed by atoms with E-state index in [1.54, 1.807) is 0 Å². The van der Waals surface area contributed by atoms with E-state index in [9.17, 15) is 29.6 Å². The molecule has 2 aromatic carbocycles. The molecule has 166 valence electrons. The summed E-state index contributed by atoms with van der Waals surface area (Å²) in [6.07, 6.45) is 0. The number of methoxy groups -OCH3 is 1. The van der Waals surface area contributed by atoms with Gasteiger partial charge in [-0.25, -0.2) is 10.2 Å². The minimum absolute atomic E-state index is 0.117. The van der Waals surface area contributed by atoms with Gasteiger partial charge in [0.1, 0.15) is 11.4 Å². The Labute approximate surface area is 184 Å². The molecule has 0 aliphatic carbocycles. The molecule has 2 atom stereocenters. The van der Waals surface area contributed by atoms with Gasteiger partial charge in [0.25, 0.3) is 11.5 Å². The van der Waals surface area contributed by atoms with Crippen LogP contribution >= 0.6 is 11.6 Å². The fourth-order valence-electron chi connectivity index (χ4n) is 2.89. The number of aromatic nitrogens is 2. The van der Waals surface area contributed by atoms with Crippen molar-refractivity contribution in [3.63, 3.8) is 0 Å². The lowest BCUT2D eigenvalue weighted by Crippen LogP contribution is -2.99. The van der Waals surface area contributed by atoms with Crippen molar-refractivity contribution >= 4 is 57.4 Å². The van der Waals surface area contributed by atoms with E-state index in [0.717, 1.165) is 13.2 Å². The molecule has 0 saturated heterocycles. The molecule has 3 aromatic rings. The summed E-state index contributed by atoms with van der Waals surface area (Å²) in [6, 6.07) is 7.93. The standard InChI is InChI=1S/C19H16ClN5O7/c1-32-19(29)14(15-17(27)24-12-6-8(20)2-4-10(12)22-15)16(26)18(28)23-11-5-3-9(21)7-13(11)25(30)31/h2-7,14,25,30H,21H2,1H3,(H,23,28)(H,24,27). The molecule has 1 aromatic heterocycles. The molecule has 2 unspecified atom stereocenters. The molecule has 3 rings (SSSR count). The maximum Gasteiger partial charge on any atom is 0.323 e. The van der Waals surface area contributed by atoms with Gasteiger partial charge in [0, 0.05) is 16.8 Å². The van der Waals surface area contributed by atoms with Gasteiger partial charge in [-0.05, 0) is 30.3 Å². The summed E-state index contributed by atoms with van der Waals surface area (Å²) in [6.45, 7) is 0. The average Bonchev–Trinajstić information content (AvgIpc) is 2.75. The zero-order valence-corrected chi connectivity index (χ0v) is 17.1. The Bertz CT molecular complexity index is 1290. The number of rotatable bonds is 6. The minimum atomic E-state index is -1.99. The summed E-state index contributed by atoms with van der Waals surface area (Å²) in [5.74, 6) is -5.93. The molecule has 0 aliphatic rings. The second kappa shape index (κ2) is 9.11. The van der Waals surface area contributed by atoms with Gasteiger partial charge >= 0.3 is 5.97 Å². The van der Waals surface area contributed by atoms with Crippen molar-refractivity contribution in [2.45, 2.75) is 5.92 Å². The first-order chi connectivity index (χ1) is 15.1. The van der Waals surface area contributed by atoms with Gasteiger partial charge < -0.3 is 26.0 Å². The SMILES string of the molecule is COC(=O)C(C(=O)C(=O)Nc1ccc(N)cc1[NH+]([O-])O)c1nc2ccc(Cl)cc2[nH]c1=O. The van der Waals surface area contributed by atoms with Crippen LogP contribution in [0.5, 0.6) is 0 Å². The second-order valence-electron chi connectivity index (χ2n) is 6.50. The van der Waals surface area contributed by atoms with Gasteiger partial charge in [-0.1, -0.05) is 11.6 Å².